The van der Waals surface area contributed by atoms with Crippen LogP contribution in [0, 0.1) is 5.82 Å². The van der Waals surface area contributed by atoms with Gasteiger partial charge in [-0.25, -0.2) is 18.9 Å². The number of fused-ring (bicyclic) bond motifs is 2. The van der Waals surface area contributed by atoms with Gasteiger partial charge in [-0.3, -0.25) is 13.6 Å². The van der Waals surface area contributed by atoms with Crippen LogP contribution in [-0.4, -0.2) is 46.1 Å². The molecule has 0 saturated carbocycles. The van der Waals surface area contributed by atoms with Crippen molar-refractivity contribution < 1.29 is 8.60 Å². The third kappa shape index (κ3) is 3.07. The average Bonchev–Trinajstić information content (AvgIpc) is 3.57. The Kier molecular flexibility index (Phi) is 4.80. The second-order valence-electron chi connectivity index (χ2n) is 8.17. The van der Waals surface area contributed by atoms with Gasteiger partial charge in [-0.15, -0.1) is 0 Å². The van der Waals surface area contributed by atoms with Gasteiger partial charge in [-0.1, -0.05) is 18.2 Å². The molecule has 1 unspecified atom stereocenters. The van der Waals surface area contributed by atoms with Gasteiger partial charge in [-0.2, -0.15) is 5.10 Å². The lowest BCUT2D eigenvalue weighted by Crippen LogP contribution is -2.33. The molecule has 34 heavy (non-hydrogen) atoms. The van der Waals surface area contributed by atoms with Crippen LogP contribution in [0.3, 0.4) is 0 Å². The topological polar surface area (TPSA) is 101 Å². The molecule has 0 spiro atoms. The number of rotatable bonds is 4. The van der Waals surface area contributed by atoms with E-state index in [0.29, 0.717) is 39.8 Å². The lowest BCUT2D eigenvalue weighted by atomic mass is 10.2. The van der Waals surface area contributed by atoms with Crippen LogP contribution >= 0.6 is 0 Å². The SMILES string of the molecule is C[S@](=O)c1c[nH]c2ncnc(N3CCCC3c3nn4ccc(F)c4c(=O)n3-c3ccccc3)c12. The Morgan fingerprint density at radius 1 is 1.18 bits per heavy atom. The molecule has 11 heteroatoms. The van der Waals surface area contributed by atoms with Crippen LogP contribution in [-0.2, 0) is 10.8 Å². The maximum Gasteiger partial charge on any atom is 0.285 e. The quantitative estimate of drug-likeness (QED) is 0.427. The van der Waals surface area contributed by atoms with Gasteiger partial charge in [0, 0.05) is 25.2 Å². The van der Waals surface area contributed by atoms with Crippen LogP contribution in [0.15, 0.2) is 64.8 Å². The number of aromatic nitrogens is 6. The highest BCUT2D eigenvalue weighted by molar-refractivity contribution is 7.84. The molecule has 5 aromatic rings. The second kappa shape index (κ2) is 7.87. The van der Waals surface area contributed by atoms with Gasteiger partial charge >= 0.3 is 0 Å². The largest absolute Gasteiger partial charge is 0.346 e. The molecular formula is C23H20FN7O2S. The number of nitrogens with zero attached hydrogens (tertiary/aromatic N) is 6. The maximum absolute atomic E-state index is 14.5. The Hall–Kier alpha value is -3.86. The third-order valence-corrected chi connectivity index (χ3v) is 7.16. The average molecular weight is 478 g/mol. The van der Waals surface area contributed by atoms with E-state index in [4.69, 9.17) is 5.10 Å². The van der Waals surface area contributed by atoms with Crippen molar-refractivity contribution in [2.24, 2.45) is 0 Å². The van der Waals surface area contributed by atoms with Crippen molar-refractivity contribution in [1.29, 1.82) is 0 Å². The summed E-state index contributed by atoms with van der Waals surface area (Å²) in [7, 11) is -1.25. The predicted octanol–water partition coefficient (Wildman–Crippen LogP) is 2.97. The van der Waals surface area contributed by atoms with E-state index in [9.17, 15) is 13.4 Å². The maximum atomic E-state index is 14.5. The van der Waals surface area contributed by atoms with Crippen molar-refractivity contribution in [1.82, 2.24) is 29.1 Å². The zero-order valence-corrected chi connectivity index (χ0v) is 19.0. The van der Waals surface area contributed by atoms with Gasteiger partial charge in [-0.05, 0) is 31.0 Å². The van der Waals surface area contributed by atoms with E-state index in [-0.39, 0.29) is 11.6 Å². The van der Waals surface area contributed by atoms with E-state index in [1.54, 1.807) is 24.6 Å². The monoisotopic (exact) mass is 477 g/mol. The predicted molar refractivity (Wildman–Crippen MR) is 126 cm³/mol. The fourth-order valence-corrected chi connectivity index (χ4v) is 5.44. The molecule has 0 bridgehead atoms. The molecule has 1 fully saturated rings. The van der Waals surface area contributed by atoms with E-state index < -0.39 is 22.2 Å². The van der Waals surface area contributed by atoms with Crippen LogP contribution in [0.25, 0.3) is 22.2 Å². The summed E-state index contributed by atoms with van der Waals surface area (Å²) < 4.78 is 29.7. The number of hydrogen-bond acceptors (Lipinski definition) is 6. The van der Waals surface area contributed by atoms with Crippen LogP contribution < -0.4 is 10.5 Å². The summed E-state index contributed by atoms with van der Waals surface area (Å²) in [5.41, 5.74) is 0.623. The highest BCUT2D eigenvalue weighted by Crippen LogP contribution is 2.39. The number of para-hydroxylation sites is 1. The number of anilines is 1. The zero-order chi connectivity index (χ0) is 23.4. The molecule has 2 atom stereocenters. The molecule has 9 nitrogen and oxygen atoms in total. The van der Waals surface area contributed by atoms with Crippen molar-refractivity contribution >= 4 is 33.2 Å². The van der Waals surface area contributed by atoms with Gasteiger partial charge < -0.3 is 9.88 Å². The third-order valence-electron chi connectivity index (χ3n) is 6.22. The molecule has 0 aliphatic carbocycles. The minimum absolute atomic E-state index is 0.101. The minimum Gasteiger partial charge on any atom is -0.346 e. The van der Waals surface area contributed by atoms with E-state index in [2.05, 4.69) is 19.9 Å². The first-order valence-electron chi connectivity index (χ1n) is 10.8. The second-order valence-corrected chi connectivity index (χ2v) is 9.52. The standard InChI is InChI=1S/C23H20FN7O2S/c1-34(33)17-12-25-20-18(17)22(27-13-26-20)29-10-5-8-16(29)21-28-30-11-9-15(24)19(30)23(32)31(21)14-6-3-2-4-7-14/h2-4,6-7,9,11-13,16H,5,8,10H2,1H3,(H,25,26,27)/t16?,34-/m0/s1. The van der Waals surface area contributed by atoms with Crippen LogP contribution in [0.2, 0.25) is 0 Å². The van der Waals surface area contributed by atoms with Gasteiger partial charge in [0.25, 0.3) is 5.56 Å². The molecular weight excluding hydrogens is 457 g/mol. The van der Waals surface area contributed by atoms with Crippen molar-refractivity contribution in [2.45, 2.75) is 23.8 Å². The van der Waals surface area contributed by atoms with Crippen molar-refractivity contribution in [3.8, 4) is 5.69 Å². The Morgan fingerprint density at radius 2 is 2.00 bits per heavy atom. The fourth-order valence-electron chi connectivity index (χ4n) is 4.74. The highest BCUT2D eigenvalue weighted by Gasteiger charge is 2.34. The molecule has 1 aromatic carbocycles. The van der Waals surface area contributed by atoms with Gasteiger partial charge in [0.15, 0.2) is 17.2 Å². The Morgan fingerprint density at radius 3 is 2.79 bits per heavy atom. The molecule has 0 radical (unpaired) electrons. The first kappa shape index (κ1) is 20.7. The highest BCUT2D eigenvalue weighted by atomic mass is 32.2. The smallest absolute Gasteiger partial charge is 0.285 e. The van der Waals surface area contributed by atoms with E-state index >= 15 is 0 Å². The van der Waals surface area contributed by atoms with E-state index in [1.807, 2.05) is 18.2 Å². The number of nitrogens with one attached hydrogen (secondary N) is 1. The van der Waals surface area contributed by atoms with Crippen molar-refractivity contribution in [2.75, 3.05) is 17.7 Å². The summed E-state index contributed by atoms with van der Waals surface area (Å²) in [6.45, 7) is 0.667. The van der Waals surface area contributed by atoms with Crippen molar-refractivity contribution in [3.63, 3.8) is 0 Å². The first-order valence-corrected chi connectivity index (χ1v) is 12.4. The van der Waals surface area contributed by atoms with Gasteiger partial charge in [0.05, 0.1) is 32.8 Å². The minimum atomic E-state index is -1.25. The Bertz CT molecular complexity index is 1630. The van der Waals surface area contributed by atoms with E-state index in [0.717, 1.165) is 12.8 Å². The summed E-state index contributed by atoms with van der Waals surface area (Å²) >= 11 is 0. The molecule has 5 heterocycles. The summed E-state index contributed by atoms with van der Waals surface area (Å²) in [5.74, 6) is 0.502. The van der Waals surface area contributed by atoms with Gasteiger partial charge in [0.1, 0.15) is 17.8 Å². The van der Waals surface area contributed by atoms with Crippen molar-refractivity contribution in [3.05, 3.63) is 77.1 Å². The first-order chi connectivity index (χ1) is 16.5. The molecule has 1 aliphatic rings. The Labute approximate surface area is 195 Å². The zero-order valence-electron chi connectivity index (χ0n) is 18.2. The van der Waals surface area contributed by atoms with Crippen LogP contribution in [0.4, 0.5) is 10.2 Å². The molecule has 1 saturated heterocycles. The summed E-state index contributed by atoms with van der Waals surface area (Å²) in [6, 6.07) is 10.0. The van der Waals surface area contributed by atoms with Gasteiger partial charge in [0.2, 0.25) is 0 Å². The summed E-state index contributed by atoms with van der Waals surface area (Å²) in [5, 5.41) is 5.39. The number of halogens is 1. The van der Waals surface area contributed by atoms with Crippen LogP contribution in [0.5, 0.6) is 0 Å². The normalized spacial score (nSPS) is 17.1. The van der Waals surface area contributed by atoms with E-state index in [1.165, 1.54) is 27.7 Å². The summed E-state index contributed by atoms with van der Waals surface area (Å²) in [4.78, 5) is 28.1. The number of H-pyrrole nitrogens is 1. The summed E-state index contributed by atoms with van der Waals surface area (Å²) in [6.07, 6.45) is 7.79. The number of benzene rings is 1. The molecule has 1 aliphatic heterocycles. The fraction of sp³-hybridized carbons (Fsp3) is 0.217. The lowest BCUT2D eigenvalue weighted by Gasteiger charge is -2.27. The number of aromatic amines is 1. The molecule has 1 N–H and O–H groups in total. The van der Waals surface area contributed by atoms with Crippen LogP contribution in [0.1, 0.15) is 24.7 Å². The number of hydrogen-bond donors (Lipinski definition) is 1. The molecule has 172 valence electrons. The molecule has 4 aromatic heterocycles. The lowest BCUT2D eigenvalue weighted by molar-refractivity contribution is 0.593. The Balaban J connectivity index is 1.60. The molecule has 0 amide bonds. The molecule has 6 rings (SSSR count).